The SMILES string of the molecule is COc1ccc(NC(=O)C(C)(C)Cc2ccc(Cl)cc2)cn1. The lowest BCUT2D eigenvalue weighted by Crippen LogP contribution is -2.32. The fourth-order valence-corrected chi connectivity index (χ4v) is 2.19. The van der Waals surface area contributed by atoms with Crippen molar-refractivity contribution < 1.29 is 9.53 Å². The number of nitrogens with one attached hydrogen (secondary N) is 1. The Hall–Kier alpha value is -2.07. The minimum atomic E-state index is -0.548. The Bertz CT molecular complexity index is 637. The average molecular weight is 319 g/mol. The number of rotatable bonds is 5. The molecule has 2 aromatic rings. The Morgan fingerprint density at radius 1 is 1.23 bits per heavy atom. The van der Waals surface area contributed by atoms with Crippen molar-refractivity contribution in [2.75, 3.05) is 12.4 Å². The Kier molecular flexibility index (Phi) is 5.03. The van der Waals surface area contributed by atoms with Gasteiger partial charge in [-0.1, -0.05) is 37.6 Å². The van der Waals surface area contributed by atoms with E-state index in [1.807, 2.05) is 38.1 Å². The molecule has 1 N–H and O–H groups in total. The van der Waals surface area contributed by atoms with Crippen molar-refractivity contribution in [3.05, 3.63) is 53.2 Å². The molecule has 1 aromatic heterocycles. The normalized spacial score (nSPS) is 11.1. The Morgan fingerprint density at radius 2 is 1.91 bits per heavy atom. The van der Waals surface area contributed by atoms with Crippen molar-refractivity contribution in [1.82, 2.24) is 4.98 Å². The zero-order valence-corrected chi connectivity index (χ0v) is 13.6. The first-order valence-electron chi connectivity index (χ1n) is 6.97. The molecule has 0 bridgehead atoms. The molecule has 1 aromatic carbocycles. The minimum absolute atomic E-state index is 0.0607. The molecular weight excluding hydrogens is 300 g/mol. The van der Waals surface area contributed by atoms with Crippen LogP contribution in [0.4, 0.5) is 5.69 Å². The van der Waals surface area contributed by atoms with E-state index in [2.05, 4.69) is 10.3 Å². The molecule has 1 amide bonds. The third kappa shape index (κ3) is 4.21. The summed E-state index contributed by atoms with van der Waals surface area (Å²) in [5, 5.41) is 3.57. The molecule has 0 saturated carbocycles. The van der Waals surface area contributed by atoms with E-state index < -0.39 is 5.41 Å². The van der Waals surface area contributed by atoms with E-state index in [1.54, 1.807) is 25.4 Å². The molecule has 1 heterocycles. The highest BCUT2D eigenvalue weighted by Gasteiger charge is 2.28. The predicted molar refractivity (Wildman–Crippen MR) is 88.4 cm³/mol. The summed E-state index contributed by atoms with van der Waals surface area (Å²) in [6.07, 6.45) is 2.20. The van der Waals surface area contributed by atoms with Gasteiger partial charge >= 0.3 is 0 Å². The van der Waals surface area contributed by atoms with Crippen LogP contribution >= 0.6 is 11.6 Å². The van der Waals surface area contributed by atoms with Gasteiger partial charge in [0.15, 0.2) is 0 Å². The van der Waals surface area contributed by atoms with Crippen LogP contribution in [0.15, 0.2) is 42.6 Å². The summed E-state index contributed by atoms with van der Waals surface area (Å²) in [5.74, 6) is 0.452. The van der Waals surface area contributed by atoms with Crippen molar-refractivity contribution in [3.63, 3.8) is 0 Å². The summed E-state index contributed by atoms with van der Waals surface area (Å²) in [4.78, 5) is 16.5. The summed E-state index contributed by atoms with van der Waals surface area (Å²) in [5.41, 5.74) is 1.17. The second-order valence-electron chi connectivity index (χ2n) is 5.73. The number of amides is 1. The highest BCUT2D eigenvalue weighted by Crippen LogP contribution is 2.25. The van der Waals surface area contributed by atoms with Crippen LogP contribution in [-0.2, 0) is 11.2 Å². The number of aromatic nitrogens is 1. The first-order chi connectivity index (χ1) is 10.4. The standard InChI is InChI=1S/C17H19ClN2O2/c1-17(2,10-12-4-6-13(18)7-5-12)16(21)20-14-8-9-15(22-3)19-11-14/h4-9,11H,10H2,1-3H3,(H,20,21). The number of methoxy groups -OCH3 is 1. The average Bonchev–Trinajstić information content (AvgIpc) is 2.50. The first kappa shape index (κ1) is 16.3. The predicted octanol–water partition coefficient (Wildman–Crippen LogP) is 3.95. The van der Waals surface area contributed by atoms with Gasteiger partial charge in [0.1, 0.15) is 0 Å². The van der Waals surface area contributed by atoms with Crippen molar-refractivity contribution in [3.8, 4) is 5.88 Å². The number of hydrogen-bond donors (Lipinski definition) is 1. The fraction of sp³-hybridized carbons (Fsp3) is 0.294. The van der Waals surface area contributed by atoms with Gasteiger partial charge in [0.05, 0.1) is 19.0 Å². The van der Waals surface area contributed by atoms with E-state index in [4.69, 9.17) is 16.3 Å². The van der Waals surface area contributed by atoms with E-state index in [0.29, 0.717) is 23.0 Å². The maximum atomic E-state index is 12.5. The Balaban J connectivity index is 2.04. The molecule has 22 heavy (non-hydrogen) atoms. The van der Waals surface area contributed by atoms with Crippen LogP contribution in [0.3, 0.4) is 0 Å². The lowest BCUT2D eigenvalue weighted by molar-refractivity contribution is -0.123. The van der Waals surface area contributed by atoms with E-state index in [0.717, 1.165) is 5.56 Å². The molecule has 0 aliphatic carbocycles. The number of anilines is 1. The number of halogens is 1. The smallest absolute Gasteiger partial charge is 0.230 e. The van der Waals surface area contributed by atoms with Crippen LogP contribution in [0.25, 0.3) is 0 Å². The van der Waals surface area contributed by atoms with E-state index in [-0.39, 0.29) is 5.91 Å². The summed E-state index contributed by atoms with van der Waals surface area (Å²) in [6, 6.07) is 11.0. The number of pyridine rings is 1. The summed E-state index contributed by atoms with van der Waals surface area (Å²) < 4.78 is 5.00. The molecule has 0 fully saturated rings. The molecule has 0 radical (unpaired) electrons. The second kappa shape index (κ2) is 6.79. The minimum Gasteiger partial charge on any atom is -0.481 e. The largest absolute Gasteiger partial charge is 0.481 e. The monoisotopic (exact) mass is 318 g/mol. The molecule has 0 aliphatic heterocycles. The molecule has 0 aliphatic rings. The molecule has 0 unspecified atom stereocenters. The number of hydrogen-bond acceptors (Lipinski definition) is 3. The highest BCUT2D eigenvalue weighted by atomic mass is 35.5. The molecule has 0 spiro atoms. The lowest BCUT2D eigenvalue weighted by Gasteiger charge is -2.23. The van der Waals surface area contributed by atoms with Gasteiger partial charge in [-0.15, -0.1) is 0 Å². The Morgan fingerprint density at radius 3 is 2.45 bits per heavy atom. The fourth-order valence-electron chi connectivity index (χ4n) is 2.07. The lowest BCUT2D eigenvalue weighted by atomic mass is 9.85. The van der Waals surface area contributed by atoms with Gasteiger partial charge in [0.2, 0.25) is 11.8 Å². The van der Waals surface area contributed by atoms with E-state index in [9.17, 15) is 4.79 Å². The topological polar surface area (TPSA) is 51.2 Å². The molecular formula is C17H19ClN2O2. The van der Waals surface area contributed by atoms with Gasteiger partial charge in [-0.25, -0.2) is 4.98 Å². The van der Waals surface area contributed by atoms with Gasteiger partial charge < -0.3 is 10.1 Å². The zero-order chi connectivity index (χ0) is 16.2. The molecule has 2 rings (SSSR count). The van der Waals surface area contributed by atoms with Gasteiger partial charge in [0.25, 0.3) is 0 Å². The summed E-state index contributed by atoms with van der Waals surface area (Å²) >= 11 is 5.88. The van der Waals surface area contributed by atoms with Crippen molar-refractivity contribution in [1.29, 1.82) is 0 Å². The van der Waals surface area contributed by atoms with Crippen molar-refractivity contribution in [2.24, 2.45) is 5.41 Å². The Labute approximate surface area is 135 Å². The van der Waals surface area contributed by atoms with Crippen LogP contribution in [0.5, 0.6) is 5.88 Å². The van der Waals surface area contributed by atoms with E-state index in [1.165, 1.54) is 0 Å². The molecule has 4 nitrogen and oxygen atoms in total. The van der Waals surface area contributed by atoms with Crippen LogP contribution in [-0.4, -0.2) is 18.0 Å². The third-order valence-electron chi connectivity index (χ3n) is 3.38. The third-order valence-corrected chi connectivity index (χ3v) is 3.63. The quantitative estimate of drug-likeness (QED) is 0.908. The van der Waals surface area contributed by atoms with Crippen molar-refractivity contribution >= 4 is 23.2 Å². The van der Waals surface area contributed by atoms with Crippen LogP contribution in [0.2, 0.25) is 5.02 Å². The van der Waals surface area contributed by atoms with Gasteiger partial charge in [-0.3, -0.25) is 4.79 Å². The van der Waals surface area contributed by atoms with Crippen LogP contribution < -0.4 is 10.1 Å². The number of carbonyl (C=O) groups excluding carboxylic acids is 1. The van der Waals surface area contributed by atoms with Crippen LogP contribution in [0, 0.1) is 5.41 Å². The van der Waals surface area contributed by atoms with Gasteiger partial charge in [0, 0.05) is 16.5 Å². The van der Waals surface area contributed by atoms with Crippen LogP contribution in [0.1, 0.15) is 19.4 Å². The molecule has 5 heteroatoms. The number of benzene rings is 1. The molecule has 116 valence electrons. The van der Waals surface area contributed by atoms with Gasteiger partial charge in [-0.05, 0) is 30.2 Å². The first-order valence-corrected chi connectivity index (χ1v) is 7.34. The highest BCUT2D eigenvalue weighted by molar-refractivity contribution is 6.30. The zero-order valence-electron chi connectivity index (χ0n) is 12.9. The molecule has 0 saturated heterocycles. The number of ether oxygens (including phenoxy) is 1. The second-order valence-corrected chi connectivity index (χ2v) is 6.17. The van der Waals surface area contributed by atoms with Crippen molar-refractivity contribution in [2.45, 2.75) is 20.3 Å². The summed E-state index contributed by atoms with van der Waals surface area (Å²) in [7, 11) is 1.55. The van der Waals surface area contributed by atoms with Gasteiger partial charge in [-0.2, -0.15) is 0 Å². The van der Waals surface area contributed by atoms with E-state index >= 15 is 0 Å². The number of carbonyl (C=O) groups is 1. The maximum Gasteiger partial charge on any atom is 0.230 e. The summed E-state index contributed by atoms with van der Waals surface area (Å²) in [6.45, 7) is 3.82. The number of nitrogens with zero attached hydrogens (tertiary/aromatic N) is 1. The molecule has 0 atom stereocenters. The maximum absolute atomic E-state index is 12.5.